The molecule has 0 heterocycles. The van der Waals surface area contributed by atoms with Gasteiger partial charge in [0, 0.05) is 12.1 Å². The fourth-order valence-electron chi connectivity index (χ4n) is 1.99. The van der Waals surface area contributed by atoms with Gasteiger partial charge in [0.2, 0.25) is 0 Å². The summed E-state index contributed by atoms with van der Waals surface area (Å²) in [7, 11) is 2.08. The number of nitrogens with one attached hydrogen (secondary N) is 2. The molecule has 0 atom stereocenters. The smallest absolute Gasteiger partial charge is 0.00683 e. The average Bonchev–Trinajstić information content (AvgIpc) is 2.15. The highest BCUT2D eigenvalue weighted by atomic mass is 14.9. The Labute approximate surface area is 82.5 Å². The maximum absolute atomic E-state index is 3.64. The largest absolute Gasteiger partial charge is 0.317 e. The maximum atomic E-state index is 3.64. The van der Waals surface area contributed by atoms with Gasteiger partial charge in [-0.1, -0.05) is 13.8 Å². The van der Waals surface area contributed by atoms with Crippen molar-refractivity contribution in [3.8, 4) is 0 Å². The first kappa shape index (κ1) is 11.0. The van der Waals surface area contributed by atoms with Gasteiger partial charge in [-0.15, -0.1) is 0 Å². The van der Waals surface area contributed by atoms with Crippen LogP contribution in [-0.2, 0) is 0 Å². The minimum absolute atomic E-state index is 0.775. The molecule has 1 fully saturated rings. The van der Waals surface area contributed by atoms with Crippen LogP contribution in [0.2, 0.25) is 0 Å². The van der Waals surface area contributed by atoms with Gasteiger partial charge in [-0.25, -0.2) is 0 Å². The third kappa shape index (κ3) is 4.10. The van der Waals surface area contributed by atoms with Gasteiger partial charge in [-0.3, -0.25) is 0 Å². The summed E-state index contributed by atoms with van der Waals surface area (Å²) in [4.78, 5) is 0. The molecule has 2 N–H and O–H groups in total. The molecule has 13 heavy (non-hydrogen) atoms. The second-order valence-electron chi connectivity index (χ2n) is 4.64. The third-order valence-corrected chi connectivity index (χ3v) is 2.95. The second-order valence-corrected chi connectivity index (χ2v) is 4.64. The van der Waals surface area contributed by atoms with Gasteiger partial charge in [0.15, 0.2) is 0 Å². The predicted octanol–water partition coefficient (Wildman–Crippen LogP) is 1.76. The van der Waals surface area contributed by atoms with Gasteiger partial charge in [0.25, 0.3) is 0 Å². The van der Waals surface area contributed by atoms with Crippen LogP contribution < -0.4 is 10.6 Å². The maximum Gasteiger partial charge on any atom is 0.00683 e. The van der Waals surface area contributed by atoms with Crippen LogP contribution >= 0.6 is 0 Å². The predicted molar refractivity (Wildman–Crippen MR) is 57.9 cm³/mol. The van der Waals surface area contributed by atoms with E-state index < -0.39 is 0 Å². The Morgan fingerprint density at radius 2 is 1.62 bits per heavy atom. The quantitative estimate of drug-likeness (QED) is 0.696. The highest BCUT2D eigenvalue weighted by Crippen LogP contribution is 2.18. The van der Waals surface area contributed by atoms with Crippen molar-refractivity contribution in [3.05, 3.63) is 0 Å². The second kappa shape index (κ2) is 5.61. The number of hydrogen-bond donors (Lipinski definition) is 2. The highest BCUT2D eigenvalue weighted by Gasteiger charge is 2.19. The lowest BCUT2D eigenvalue weighted by Crippen LogP contribution is -2.39. The minimum Gasteiger partial charge on any atom is -0.317 e. The molecule has 0 aromatic heterocycles. The van der Waals surface area contributed by atoms with Crippen LogP contribution in [0.4, 0.5) is 0 Å². The van der Waals surface area contributed by atoms with E-state index in [9.17, 15) is 0 Å². The standard InChI is InChI=1S/C11H24N2/c1-9(2)8-13-11-6-4-10(12-3)5-7-11/h9-13H,4-8H2,1-3H3. The molecule has 0 bridgehead atoms. The lowest BCUT2D eigenvalue weighted by atomic mass is 9.91. The Balaban J connectivity index is 2.10. The van der Waals surface area contributed by atoms with Crippen LogP contribution in [0.1, 0.15) is 39.5 Å². The summed E-state index contributed by atoms with van der Waals surface area (Å²) in [6, 6.07) is 1.56. The number of hydrogen-bond acceptors (Lipinski definition) is 2. The van der Waals surface area contributed by atoms with Crippen LogP contribution in [-0.4, -0.2) is 25.7 Å². The average molecular weight is 184 g/mol. The lowest BCUT2D eigenvalue weighted by Gasteiger charge is -2.29. The first-order chi connectivity index (χ1) is 6.22. The Bertz CT molecular complexity index is 126. The van der Waals surface area contributed by atoms with Gasteiger partial charge in [-0.2, -0.15) is 0 Å². The van der Waals surface area contributed by atoms with Crippen molar-refractivity contribution in [1.82, 2.24) is 10.6 Å². The van der Waals surface area contributed by atoms with E-state index in [0.717, 1.165) is 18.0 Å². The first-order valence-corrected chi connectivity index (χ1v) is 5.63. The van der Waals surface area contributed by atoms with E-state index >= 15 is 0 Å². The SMILES string of the molecule is CNC1CCC(NCC(C)C)CC1. The van der Waals surface area contributed by atoms with Crippen molar-refractivity contribution < 1.29 is 0 Å². The summed E-state index contributed by atoms with van der Waals surface area (Å²) in [5, 5.41) is 7.00. The van der Waals surface area contributed by atoms with E-state index in [1.165, 1.54) is 32.2 Å². The molecule has 0 aromatic rings. The van der Waals surface area contributed by atoms with Gasteiger partial charge >= 0.3 is 0 Å². The molecule has 1 rings (SSSR count). The van der Waals surface area contributed by atoms with Crippen molar-refractivity contribution in [2.45, 2.75) is 51.6 Å². The molecule has 1 aliphatic rings. The Morgan fingerprint density at radius 3 is 2.08 bits per heavy atom. The van der Waals surface area contributed by atoms with Crippen molar-refractivity contribution in [1.29, 1.82) is 0 Å². The van der Waals surface area contributed by atoms with Gasteiger partial charge < -0.3 is 10.6 Å². The summed E-state index contributed by atoms with van der Waals surface area (Å²) in [5.41, 5.74) is 0. The summed E-state index contributed by atoms with van der Waals surface area (Å²) in [6.45, 7) is 5.72. The fraction of sp³-hybridized carbons (Fsp3) is 1.00. The molecule has 1 aliphatic carbocycles. The lowest BCUT2D eigenvalue weighted by molar-refractivity contribution is 0.310. The molecule has 0 spiro atoms. The summed E-state index contributed by atoms with van der Waals surface area (Å²) >= 11 is 0. The summed E-state index contributed by atoms with van der Waals surface area (Å²) in [5.74, 6) is 0.780. The minimum atomic E-state index is 0.775. The zero-order valence-corrected chi connectivity index (χ0v) is 9.27. The molecule has 0 radical (unpaired) electrons. The molecule has 2 heteroatoms. The van der Waals surface area contributed by atoms with E-state index in [0.29, 0.717) is 0 Å². The van der Waals surface area contributed by atoms with Crippen LogP contribution in [0.3, 0.4) is 0 Å². The highest BCUT2D eigenvalue weighted by molar-refractivity contribution is 4.80. The Kier molecular flexibility index (Phi) is 4.74. The number of rotatable bonds is 4. The molecular formula is C11H24N2. The van der Waals surface area contributed by atoms with Gasteiger partial charge in [0.1, 0.15) is 0 Å². The molecule has 2 nitrogen and oxygen atoms in total. The molecular weight excluding hydrogens is 160 g/mol. The van der Waals surface area contributed by atoms with E-state index in [2.05, 4.69) is 31.5 Å². The monoisotopic (exact) mass is 184 g/mol. The third-order valence-electron chi connectivity index (χ3n) is 2.95. The summed E-state index contributed by atoms with van der Waals surface area (Å²) in [6.07, 6.45) is 5.37. The zero-order chi connectivity index (χ0) is 9.68. The zero-order valence-electron chi connectivity index (χ0n) is 9.27. The van der Waals surface area contributed by atoms with E-state index in [1.807, 2.05) is 0 Å². The van der Waals surface area contributed by atoms with Crippen molar-refractivity contribution in [3.63, 3.8) is 0 Å². The molecule has 0 amide bonds. The molecule has 0 aliphatic heterocycles. The van der Waals surface area contributed by atoms with Crippen LogP contribution in [0, 0.1) is 5.92 Å². The van der Waals surface area contributed by atoms with Crippen molar-refractivity contribution >= 4 is 0 Å². The first-order valence-electron chi connectivity index (χ1n) is 5.63. The van der Waals surface area contributed by atoms with Gasteiger partial charge in [0.05, 0.1) is 0 Å². The van der Waals surface area contributed by atoms with E-state index in [4.69, 9.17) is 0 Å². The summed E-state index contributed by atoms with van der Waals surface area (Å²) < 4.78 is 0. The normalized spacial score (nSPS) is 29.5. The van der Waals surface area contributed by atoms with Crippen molar-refractivity contribution in [2.24, 2.45) is 5.92 Å². The molecule has 78 valence electrons. The fourth-order valence-corrected chi connectivity index (χ4v) is 1.99. The van der Waals surface area contributed by atoms with Crippen LogP contribution in [0.15, 0.2) is 0 Å². The topological polar surface area (TPSA) is 24.1 Å². The molecule has 0 unspecified atom stereocenters. The van der Waals surface area contributed by atoms with E-state index in [1.54, 1.807) is 0 Å². The molecule has 0 saturated heterocycles. The van der Waals surface area contributed by atoms with E-state index in [-0.39, 0.29) is 0 Å². The molecule has 1 saturated carbocycles. The van der Waals surface area contributed by atoms with Crippen LogP contribution in [0.25, 0.3) is 0 Å². The Morgan fingerprint density at radius 1 is 1.08 bits per heavy atom. The Hall–Kier alpha value is -0.0800. The van der Waals surface area contributed by atoms with Crippen molar-refractivity contribution in [2.75, 3.05) is 13.6 Å². The molecule has 0 aromatic carbocycles. The van der Waals surface area contributed by atoms with Crippen LogP contribution in [0.5, 0.6) is 0 Å². The van der Waals surface area contributed by atoms with Gasteiger partial charge in [-0.05, 0) is 45.2 Å².